The maximum absolute atomic E-state index is 15.7. The number of aryl methyl sites for hydroxylation is 1. The second-order valence-corrected chi connectivity index (χ2v) is 11.0. The predicted molar refractivity (Wildman–Crippen MR) is 144 cm³/mol. The molecule has 0 spiro atoms. The van der Waals surface area contributed by atoms with Crippen LogP contribution < -0.4 is 5.32 Å². The number of nitrogens with one attached hydrogen (secondary N) is 1. The van der Waals surface area contributed by atoms with E-state index < -0.39 is 17.2 Å². The minimum Gasteiger partial charge on any atom is -0.444 e. The Balaban J connectivity index is 1.40. The third kappa shape index (κ3) is 5.25. The van der Waals surface area contributed by atoms with Gasteiger partial charge in [-0.05, 0) is 50.5 Å². The normalized spacial score (nSPS) is 13.6. The van der Waals surface area contributed by atoms with Crippen molar-refractivity contribution in [2.75, 3.05) is 11.9 Å². The zero-order chi connectivity index (χ0) is 28.1. The molecule has 4 heterocycles. The summed E-state index contributed by atoms with van der Waals surface area (Å²) in [4.78, 5) is 27.1. The molecule has 39 heavy (non-hydrogen) atoms. The first-order chi connectivity index (χ1) is 18.4. The molecule has 1 aliphatic rings. The standard InChI is InChI=1S/C28H31F2N7O2/c1-15(2)25-22-20(35-36(25)6)9-8-17(23(22)30)24-18(29)13-31-26(34-24)33-21-10-7-16-14-37(12-11-19(16)32-21)27(38)39-28(3,4)5/h7-10,13,15H,11-12,14H2,1-6H3,(H,31,32,33,34). The summed E-state index contributed by atoms with van der Waals surface area (Å²) in [5.74, 6) is -0.755. The Morgan fingerprint density at radius 1 is 1.13 bits per heavy atom. The van der Waals surface area contributed by atoms with Crippen molar-refractivity contribution in [3.05, 3.63) is 59.0 Å². The first kappa shape index (κ1) is 26.5. The van der Waals surface area contributed by atoms with Gasteiger partial charge in [0.15, 0.2) is 5.82 Å². The van der Waals surface area contributed by atoms with E-state index in [9.17, 15) is 9.18 Å². The molecule has 4 aromatic rings. The van der Waals surface area contributed by atoms with Gasteiger partial charge in [0.2, 0.25) is 5.95 Å². The third-order valence-corrected chi connectivity index (χ3v) is 6.47. The smallest absolute Gasteiger partial charge is 0.410 e. The lowest BCUT2D eigenvalue weighted by atomic mass is 10.0. The van der Waals surface area contributed by atoms with E-state index in [-0.39, 0.29) is 29.2 Å². The Morgan fingerprint density at radius 2 is 1.90 bits per heavy atom. The van der Waals surface area contributed by atoms with Crippen molar-refractivity contribution in [3.8, 4) is 11.3 Å². The number of aromatic nitrogens is 5. The molecule has 204 valence electrons. The van der Waals surface area contributed by atoms with Gasteiger partial charge in [0, 0.05) is 31.3 Å². The molecule has 9 nitrogen and oxygen atoms in total. The summed E-state index contributed by atoms with van der Waals surface area (Å²) < 4.78 is 37.7. The number of anilines is 2. The van der Waals surface area contributed by atoms with E-state index >= 15 is 4.39 Å². The number of halogens is 2. The average molecular weight is 536 g/mol. The fourth-order valence-corrected chi connectivity index (χ4v) is 4.81. The summed E-state index contributed by atoms with van der Waals surface area (Å²) in [6, 6.07) is 6.76. The number of pyridine rings is 1. The molecule has 1 amide bonds. The highest BCUT2D eigenvalue weighted by molar-refractivity contribution is 5.88. The van der Waals surface area contributed by atoms with Crippen LogP contribution in [0.15, 0.2) is 30.5 Å². The lowest BCUT2D eigenvalue weighted by Gasteiger charge is -2.30. The monoisotopic (exact) mass is 535 g/mol. The van der Waals surface area contributed by atoms with E-state index in [1.807, 2.05) is 40.7 Å². The second kappa shape index (κ2) is 9.87. The Hall–Kier alpha value is -4.15. The number of carbonyl (C=O) groups is 1. The molecule has 11 heteroatoms. The van der Waals surface area contributed by atoms with E-state index in [0.717, 1.165) is 23.1 Å². The number of hydrogen-bond donors (Lipinski definition) is 1. The summed E-state index contributed by atoms with van der Waals surface area (Å²) in [5, 5.41) is 7.75. The van der Waals surface area contributed by atoms with Gasteiger partial charge in [-0.25, -0.2) is 28.5 Å². The summed E-state index contributed by atoms with van der Waals surface area (Å²) in [6.07, 6.45) is 1.20. The highest BCUT2D eigenvalue weighted by Gasteiger charge is 2.27. The SMILES string of the molecule is CC(C)c1c2c(F)c(-c3nc(Nc4ccc5c(n4)CCN(C(=O)OC(C)(C)C)C5)ncc3F)ccc2nn1C. The van der Waals surface area contributed by atoms with Crippen molar-refractivity contribution in [1.29, 1.82) is 0 Å². The molecule has 1 N–H and O–H groups in total. The summed E-state index contributed by atoms with van der Waals surface area (Å²) in [5.41, 5.74) is 2.26. The van der Waals surface area contributed by atoms with Crippen LogP contribution in [-0.2, 0) is 24.8 Å². The van der Waals surface area contributed by atoms with E-state index in [2.05, 4.69) is 25.4 Å². The van der Waals surface area contributed by atoms with Gasteiger partial charge in [0.1, 0.15) is 22.9 Å². The Kier molecular flexibility index (Phi) is 6.69. The first-order valence-corrected chi connectivity index (χ1v) is 12.8. The lowest BCUT2D eigenvalue weighted by Crippen LogP contribution is -2.40. The predicted octanol–water partition coefficient (Wildman–Crippen LogP) is 5.86. The Labute approximate surface area is 225 Å². The van der Waals surface area contributed by atoms with Crippen LogP contribution >= 0.6 is 0 Å². The highest BCUT2D eigenvalue weighted by Crippen LogP contribution is 2.34. The van der Waals surface area contributed by atoms with Crippen LogP contribution in [0.4, 0.5) is 25.3 Å². The van der Waals surface area contributed by atoms with Gasteiger partial charge in [-0.15, -0.1) is 0 Å². The molecular weight excluding hydrogens is 504 g/mol. The molecule has 1 aliphatic heterocycles. The van der Waals surface area contributed by atoms with Gasteiger partial charge in [0.25, 0.3) is 0 Å². The largest absolute Gasteiger partial charge is 0.444 e. The zero-order valence-electron chi connectivity index (χ0n) is 22.8. The molecule has 1 aromatic carbocycles. The number of nitrogens with zero attached hydrogens (tertiary/aromatic N) is 6. The molecule has 0 atom stereocenters. The molecule has 0 radical (unpaired) electrons. The third-order valence-electron chi connectivity index (χ3n) is 6.47. The molecule has 0 bridgehead atoms. The summed E-state index contributed by atoms with van der Waals surface area (Å²) in [7, 11) is 1.77. The van der Waals surface area contributed by atoms with Gasteiger partial charge in [-0.2, -0.15) is 5.10 Å². The van der Waals surface area contributed by atoms with E-state index in [0.29, 0.717) is 36.2 Å². The topological polar surface area (TPSA) is 98.1 Å². The summed E-state index contributed by atoms with van der Waals surface area (Å²) in [6.45, 7) is 10.3. The van der Waals surface area contributed by atoms with Crippen LogP contribution in [-0.4, -0.2) is 47.9 Å². The van der Waals surface area contributed by atoms with Crippen molar-refractivity contribution in [2.24, 2.45) is 7.05 Å². The van der Waals surface area contributed by atoms with Crippen LogP contribution in [0, 0.1) is 11.6 Å². The fourth-order valence-electron chi connectivity index (χ4n) is 4.81. The van der Waals surface area contributed by atoms with E-state index in [1.165, 1.54) is 6.07 Å². The van der Waals surface area contributed by atoms with Crippen LogP contribution in [0.5, 0.6) is 0 Å². The van der Waals surface area contributed by atoms with E-state index in [1.54, 1.807) is 28.8 Å². The molecule has 3 aromatic heterocycles. The van der Waals surface area contributed by atoms with Crippen molar-refractivity contribution >= 4 is 28.8 Å². The molecule has 0 fully saturated rings. The number of fused-ring (bicyclic) bond motifs is 2. The molecule has 0 saturated heterocycles. The van der Waals surface area contributed by atoms with Crippen molar-refractivity contribution in [3.63, 3.8) is 0 Å². The molecule has 0 aliphatic carbocycles. The number of ether oxygens (including phenoxy) is 1. The van der Waals surface area contributed by atoms with Crippen molar-refractivity contribution in [2.45, 2.75) is 59.1 Å². The zero-order valence-corrected chi connectivity index (χ0v) is 22.8. The van der Waals surface area contributed by atoms with Gasteiger partial charge in [-0.1, -0.05) is 19.9 Å². The highest BCUT2D eigenvalue weighted by atomic mass is 19.1. The van der Waals surface area contributed by atoms with Crippen LogP contribution in [0.1, 0.15) is 57.5 Å². The van der Waals surface area contributed by atoms with Crippen molar-refractivity contribution in [1.82, 2.24) is 29.6 Å². The molecular formula is C28H31F2N7O2. The Bertz CT molecular complexity index is 1580. The maximum atomic E-state index is 15.7. The average Bonchev–Trinajstić information content (AvgIpc) is 3.21. The number of amides is 1. The van der Waals surface area contributed by atoms with Crippen molar-refractivity contribution < 1.29 is 18.3 Å². The lowest BCUT2D eigenvalue weighted by molar-refractivity contribution is 0.0223. The van der Waals surface area contributed by atoms with Crippen LogP contribution in [0.25, 0.3) is 22.2 Å². The second-order valence-electron chi connectivity index (χ2n) is 11.0. The molecule has 0 saturated carbocycles. The van der Waals surface area contributed by atoms with Gasteiger partial charge in [-0.3, -0.25) is 4.68 Å². The fraction of sp³-hybridized carbons (Fsp3) is 0.393. The Morgan fingerprint density at radius 3 is 2.62 bits per heavy atom. The quantitative estimate of drug-likeness (QED) is 0.349. The minimum atomic E-state index is -0.741. The number of benzene rings is 1. The maximum Gasteiger partial charge on any atom is 0.410 e. The van der Waals surface area contributed by atoms with Gasteiger partial charge < -0.3 is 15.0 Å². The van der Waals surface area contributed by atoms with Gasteiger partial charge in [0.05, 0.1) is 29.3 Å². The number of carbonyl (C=O) groups excluding carboxylic acids is 1. The number of hydrogen-bond acceptors (Lipinski definition) is 7. The molecule has 5 rings (SSSR count). The minimum absolute atomic E-state index is 0.0171. The van der Waals surface area contributed by atoms with Crippen LogP contribution in [0.2, 0.25) is 0 Å². The van der Waals surface area contributed by atoms with Gasteiger partial charge >= 0.3 is 6.09 Å². The first-order valence-electron chi connectivity index (χ1n) is 12.8. The molecule has 0 unspecified atom stereocenters. The van der Waals surface area contributed by atoms with E-state index in [4.69, 9.17) is 4.74 Å². The number of rotatable bonds is 4. The summed E-state index contributed by atoms with van der Waals surface area (Å²) >= 11 is 0. The van der Waals surface area contributed by atoms with Crippen LogP contribution in [0.3, 0.4) is 0 Å².